The number of piperidine rings is 1. The van der Waals surface area contributed by atoms with Crippen molar-refractivity contribution in [1.82, 2.24) is 36.0 Å². The van der Waals surface area contributed by atoms with Crippen LogP contribution in [0, 0.1) is 0 Å². The monoisotopic (exact) mass is 557 g/mol. The molecule has 0 spiro atoms. The Labute approximate surface area is 231 Å². The quantitative estimate of drug-likeness (QED) is 0.310. The van der Waals surface area contributed by atoms with E-state index in [1.165, 1.54) is 17.4 Å². The summed E-state index contributed by atoms with van der Waals surface area (Å²) >= 11 is 1.39. The van der Waals surface area contributed by atoms with Gasteiger partial charge in [-0.3, -0.25) is 25.2 Å². The Morgan fingerprint density at radius 2 is 1.70 bits per heavy atom. The summed E-state index contributed by atoms with van der Waals surface area (Å²) in [4.78, 5) is 49.1. The standard InChI is InChI=1S/C27H23N7O5S/c1-38-23-13-21(28-18-5-3-2-4-17(18)23)27(37)34-10-8-15(9-11-34)26-29-22(14-40-26)25(36)31-30-24(35)16-6-7-19-20(12-16)33-39-32-19/h2-7,12-15H,8-11H2,1H3,(H,30,35)(H,31,36). The predicted molar refractivity (Wildman–Crippen MR) is 145 cm³/mol. The molecule has 3 aromatic heterocycles. The third kappa shape index (κ3) is 4.94. The van der Waals surface area contributed by atoms with Gasteiger partial charge in [0.15, 0.2) is 0 Å². The van der Waals surface area contributed by atoms with Crippen LogP contribution in [0.25, 0.3) is 21.9 Å². The summed E-state index contributed by atoms with van der Waals surface area (Å²) in [6, 6.07) is 13.9. The Morgan fingerprint density at radius 3 is 2.52 bits per heavy atom. The van der Waals surface area contributed by atoms with E-state index in [9.17, 15) is 14.4 Å². The molecule has 1 fully saturated rings. The minimum Gasteiger partial charge on any atom is -0.496 e. The summed E-state index contributed by atoms with van der Waals surface area (Å²) < 4.78 is 10.1. The first kappa shape index (κ1) is 25.4. The Morgan fingerprint density at radius 1 is 0.925 bits per heavy atom. The number of fused-ring (bicyclic) bond motifs is 2. The van der Waals surface area contributed by atoms with Crippen molar-refractivity contribution in [3.05, 3.63) is 75.9 Å². The molecular weight excluding hydrogens is 534 g/mol. The highest BCUT2D eigenvalue weighted by molar-refractivity contribution is 7.09. The number of methoxy groups -OCH3 is 1. The van der Waals surface area contributed by atoms with Crippen molar-refractivity contribution in [2.75, 3.05) is 20.2 Å². The number of amides is 3. The minimum absolute atomic E-state index is 0.118. The Kier molecular flexibility index (Phi) is 6.78. The highest BCUT2D eigenvalue weighted by Gasteiger charge is 2.28. The number of hydrogen-bond acceptors (Lipinski definition) is 10. The Bertz CT molecular complexity index is 1740. The van der Waals surface area contributed by atoms with E-state index in [0.717, 1.165) is 10.4 Å². The van der Waals surface area contributed by atoms with Gasteiger partial charge in [-0.25, -0.2) is 14.6 Å². The molecule has 6 rings (SSSR count). The van der Waals surface area contributed by atoms with Crippen LogP contribution in [-0.4, -0.2) is 63.1 Å². The first-order chi connectivity index (χ1) is 19.5. The largest absolute Gasteiger partial charge is 0.496 e. The number of nitrogens with one attached hydrogen (secondary N) is 2. The molecule has 202 valence electrons. The molecule has 13 heteroatoms. The van der Waals surface area contributed by atoms with Crippen molar-refractivity contribution < 1.29 is 23.7 Å². The number of benzene rings is 2. The second-order valence-electron chi connectivity index (χ2n) is 9.24. The number of aromatic nitrogens is 4. The van der Waals surface area contributed by atoms with Crippen molar-refractivity contribution in [1.29, 1.82) is 0 Å². The number of carbonyl (C=O) groups is 3. The van der Waals surface area contributed by atoms with Gasteiger partial charge in [-0.05, 0) is 53.5 Å². The van der Waals surface area contributed by atoms with E-state index < -0.39 is 11.8 Å². The molecule has 0 atom stereocenters. The van der Waals surface area contributed by atoms with Crippen LogP contribution in [0.2, 0.25) is 0 Å². The normalized spacial score (nSPS) is 13.9. The van der Waals surface area contributed by atoms with Crippen molar-refractivity contribution in [2.24, 2.45) is 0 Å². The average Bonchev–Trinajstić information content (AvgIpc) is 3.69. The van der Waals surface area contributed by atoms with E-state index in [2.05, 4.69) is 35.8 Å². The van der Waals surface area contributed by atoms with Gasteiger partial charge < -0.3 is 9.64 Å². The number of rotatable bonds is 5. The number of nitrogens with zero attached hydrogens (tertiary/aromatic N) is 5. The van der Waals surface area contributed by atoms with Gasteiger partial charge in [-0.15, -0.1) is 11.3 Å². The van der Waals surface area contributed by atoms with Crippen LogP contribution in [0.1, 0.15) is 55.1 Å². The maximum Gasteiger partial charge on any atom is 0.289 e. The first-order valence-corrected chi connectivity index (χ1v) is 13.4. The molecule has 2 aromatic carbocycles. The van der Waals surface area contributed by atoms with Crippen molar-refractivity contribution >= 4 is 51.0 Å². The summed E-state index contributed by atoms with van der Waals surface area (Å²) in [6.07, 6.45) is 1.42. The molecule has 0 bridgehead atoms. The minimum atomic E-state index is -0.524. The number of hydrazine groups is 1. The number of para-hydroxylation sites is 1. The fourth-order valence-electron chi connectivity index (χ4n) is 4.67. The van der Waals surface area contributed by atoms with Gasteiger partial charge in [0.2, 0.25) is 0 Å². The van der Waals surface area contributed by atoms with Crippen LogP contribution < -0.4 is 15.6 Å². The van der Waals surface area contributed by atoms with Gasteiger partial charge in [-0.1, -0.05) is 12.1 Å². The van der Waals surface area contributed by atoms with Crippen LogP contribution in [0.4, 0.5) is 0 Å². The number of likely N-dealkylation sites (tertiary alicyclic amines) is 1. The molecule has 12 nitrogen and oxygen atoms in total. The molecule has 1 aliphatic rings. The van der Waals surface area contributed by atoms with Gasteiger partial charge in [0.05, 0.1) is 17.6 Å². The summed E-state index contributed by atoms with van der Waals surface area (Å²) in [5, 5.41) is 10.7. The molecule has 4 heterocycles. The number of ether oxygens (including phenoxy) is 1. The smallest absolute Gasteiger partial charge is 0.289 e. The van der Waals surface area contributed by atoms with Crippen molar-refractivity contribution in [3.8, 4) is 5.75 Å². The van der Waals surface area contributed by atoms with Gasteiger partial charge >= 0.3 is 0 Å². The molecule has 0 saturated carbocycles. The fourth-order valence-corrected chi connectivity index (χ4v) is 5.64. The lowest BCUT2D eigenvalue weighted by Crippen LogP contribution is -2.41. The second kappa shape index (κ2) is 10.7. The van der Waals surface area contributed by atoms with E-state index in [1.54, 1.807) is 35.6 Å². The summed E-state index contributed by atoms with van der Waals surface area (Å²) in [6.45, 7) is 1.09. The average molecular weight is 558 g/mol. The van der Waals surface area contributed by atoms with Crippen LogP contribution >= 0.6 is 11.3 Å². The molecule has 3 amide bonds. The topological polar surface area (TPSA) is 152 Å². The van der Waals surface area contributed by atoms with Crippen molar-refractivity contribution in [2.45, 2.75) is 18.8 Å². The molecule has 2 N–H and O–H groups in total. The zero-order valence-corrected chi connectivity index (χ0v) is 22.1. The molecule has 0 aliphatic carbocycles. The lowest BCUT2D eigenvalue weighted by atomic mass is 9.97. The first-order valence-electron chi connectivity index (χ1n) is 12.5. The van der Waals surface area contributed by atoms with Gasteiger partial charge in [0, 0.05) is 41.4 Å². The molecule has 0 unspecified atom stereocenters. The Hall–Kier alpha value is -4.91. The second-order valence-corrected chi connectivity index (χ2v) is 10.1. The molecule has 1 saturated heterocycles. The Balaban J connectivity index is 1.05. The van der Waals surface area contributed by atoms with E-state index in [-0.39, 0.29) is 17.5 Å². The van der Waals surface area contributed by atoms with E-state index in [0.29, 0.717) is 59.5 Å². The third-order valence-electron chi connectivity index (χ3n) is 6.81. The van der Waals surface area contributed by atoms with Crippen LogP contribution in [0.3, 0.4) is 0 Å². The lowest BCUT2D eigenvalue weighted by molar-refractivity contribution is 0.0706. The van der Waals surface area contributed by atoms with Gasteiger partial charge in [0.25, 0.3) is 17.7 Å². The molecule has 1 aliphatic heterocycles. The van der Waals surface area contributed by atoms with Crippen LogP contribution in [-0.2, 0) is 0 Å². The summed E-state index contributed by atoms with van der Waals surface area (Å²) in [5.41, 5.74) is 7.30. The number of pyridine rings is 1. The molecular formula is C27H23N7O5S. The molecule has 40 heavy (non-hydrogen) atoms. The maximum atomic E-state index is 13.2. The SMILES string of the molecule is COc1cc(C(=O)N2CCC(c3nc(C(=O)NNC(=O)c4ccc5nonc5c4)cs3)CC2)nc2ccccc12. The number of thiazole rings is 1. The number of hydrogen-bond donors (Lipinski definition) is 2. The van der Waals surface area contributed by atoms with Gasteiger partial charge in [0.1, 0.15) is 28.2 Å². The van der Waals surface area contributed by atoms with Crippen molar-refractivity contribution in [3.63, 3.8) is 0 Å². The zero-order chi connectivity index (χ0) is 27.6. The maximum absolute atomic E-state index is 13.2. The van der Waals surface area contributed by atoms with Crippen LogP contribution in [0.15, 0.2) is 58.5 Å². The molecule has 0 radical (unpaired) electrons. The highest BCUT2D eigenvalue weighted by Crippen LogP contribution is 2.32. The van der Waals surface area contributed by atoms with E-state index in [1.807, 2.05) is 24.3 Å². The van der Waals surface area contributed by atoms with E-state index in [4.69, 9.17) is 4.74 Å². The fraction of sp³-hybridized carbons (Fsp3) is 0.222. The predicted octanol–water partition coefficient (Wildman–Crippen LogP) is 3.33. The number of carbonyl (C=O) groups excluding carboxylic acids is 3. The molecule has 5 aromatic rings. The van der Waals surface area contributed by atoms with E-state index >= 15 is 0 Å². The van der Waals surface area contributed by atoms with Gasteiger partial charge in [-0.2, -0.15) is 0 Å². The zero-order valence-electron chi connectivity index (χ0n) is 21.3. The summed E-state index contributed by atoms with van der Waals surface area (Å²) in [5.74, 6) is -0.446. The highest BCUT2D eigenvalue weighted by atomic mass is 32.1. The third-order valence-corrected chi connectivity index (χ3v) is 7.82. The summed E-state index contributed by atoms with van der Waals surface area (Å²) in [7, 11) is 1.58. The lowest BCUT2D eigenvalue weighted by Gasteiger charge is -2.31. The van der Waals surface area contributed by atoms with Crippen LogP contribution in [0.5, 0.6) is 5.75 Å².